The Kier molecular flexibility index (Phi) is 8.61. The topological polar surface area (TPSA) is 67.4 Å². The summed E-state index contributed by atoms with van der Waals surface area (Å²) in [7, 11) is 0. The fraction of sp³-hybridized carbons (Fsp3) is 0.300. The van der Waals surface area contributed by atoms with E-state index in [1.165, 1.54) is 0 Å². The number of halogens is 2. The van der Waals surface area contributed by atoms with Gasteiger partial charge in [-0.1, -0.05) is 65.8 Å². The summed E-state index contributed by atoms with van der Waals surface area (Å²) in [4.78, 5) is 24.7. The molecule has 0 saturated heterocycles. The molecule has 2 aromatic rings. The van der Waals surface area contributed by atoms with Gasteiger partial charge in [-0.2, -0.15) is 0 Å². The summed E-state index contributed by atoms with van der Waals surface area (Å²) in [6.45, 7) is 2.68. The van der Waals surface area contributed by atoms with E-state index in [1.807, 2.05) is 0 Å². The molecule has 0 unspecified atom stereocenters. The van der Waals surface area contributed by atoms with E-state index in [0.717, 1.165) is 30.2 Å². The lowest BCUT2D eigenvalue weighted by atomic mass is 10.2. The van der Waals surface area contributed by atoms with Gasteiger partial charge in [0.05, 0.1) is 22.8 Å². The highest BCUT2D eigenvalue weighted by Crippen LogP contribution is 2.23. The molecule has 2 amide bonds. The largest absolute Gasteiger partial charge is 0.493 e. The third kappa shape index (κ3) is 6.56. The average Bonchev–Trinajstić information content (AvgIpc) is 2.67. The number of hydrogen-bond acceptors (Lipinski definition) is 3. The first kappa shape index (κ1) is 21.3. The fourth-order valence-corrected chi connectivity index (χ4v) is 2.99. The molecule has 0 aliphatic carbocycles. The van der Waals surface area contributed by atoms with Crippen molar-refractivity contribution in [2.24, 2.45) is 0 Å². The van der Waals surface area contributed by atoms with E-state index in [-0.39, 0.29) is 5.56 Å². The van der Waals surface area contributed by atoms with Crippen molar-refractivity contribution in [2.45, 2.75) is 32.6 Å². The minimum Gasteiger partial charge on any atom is -0.493 e. The van der Waals surface area contributed by atoms with Crippen LogP contribution in [0.3, 0.4) is 0 Å². The van der Waals surface area contributed by atoms with Gasteiger partial charge >= 0.3 is 0 Å². The third-order valence-corrected chi connectivity index (χ3v) is 4.67. The second kappa shape index (κ2) is 10.9. The zero-order valence-corrected chi connectivity index (χ0v) is 17.4. The van der Waals surface area contributed by atoms with Gasteiger partial charge in [-0.05, 0) is 36.8 Å². The standard InChI is InChI=1S/C20H22BrClN2O3/c1-2-3-4-7-12-27-18-11-10-14(21)13-16(18)20(26)24-23-19(25)15-8-5-6-9-17(15)22/h5-6,8-11,13H,2-4,7,12H2,1H3,(H,23,25)(H,24,26). The van der Waals surface area contributed by atoms with Gasteiger partial charge in [0.25, 0.3) is 11.8 Å². The number of carbonyl (C=O) groups excluding carboxylic acids is 2. The Hall–Kier alpha value is -2.05. The molecule has 0 saturated carbocycles. The summed E-state index contributed by atoms with van der Waals surface area (Å²) in [6.07, 6.45) is 4.32. The monoisotopic (exact) mass is 452 g/mol. The lowest BCUT2D eigenvalue weighted by Gasteiger charge is -2.13. The van der Waals surface area contributed by atoms with Gasteiger partial charge < -0.3 is 4.74 Å². The number of carbonyl (C=O) groups is 2. The van der Waals surface area contributed by atoms with Gasteiger partial charge in [-0.3, -0.25) is 20.4 Å². The molecule has 0 heterocycles. The van der Waals surface area contributed by atoms with Crippen LogP contribution in [-0.4, -0.2) is 18.4 Å². The van der Waals surface area contributed by atoms with Crippen LogP contribution in [0.4, 0.5) is 0 Å². The van der Waals surface area contributed by atoms with Gasteiger partial charge in [-0.25, -0.2) is 0 Å². The van der Waals surface area contributed by atoms with Crippen LogP contribution in [0.15, 0.2) is 46.9 Å². The highest BCUT2D eigenvalue weighted by Gasteiger charge is 2.16. The van der Waals surface area contributed by atoms with Crippen molar-refractivity contribution in [2.75, 3.05) is 6.61 Å². The Bertz CT molecular complexity index is 799. The van der Waals surface area contributed by atoms with Crippen LogP contribution in [0.25, 0.3) is 0 Å². The number of nitrogens with one attached hydrogen (secondary N) is 2. The normalized spacial score (nSPS) is 10.3. The molecule has 0 aliphatic rings. The van der Waals surface area contributed by atoms with Crippen LogP contribution in [0.2, 0.25) is 5.02 Å². The molecule has 27 heavy (non-hydrogen) atoms. The van der Waals surface area contributed by atoms with E-state index in [0.29, 0.717) is 22.9 Å². The van der Waals surface area contributed by atoms with Crippen molar-refractivity contribution in [1.29, 1.82) is 0 Å². The van der Waals surface area contributed by atoms with E-state index in [2.05, 4.69) is 33.7 Å². The number of ether oxygens (including phenoxy) is 1. The third-order valence-electron chi connectivity index (χ3n) is 3.85. The molecular weight excluding hydrogens is 432 g/mol. The van der Waals surface area contributed by atoms with Gasteiger partial charge in [0.2, 0.25) is 0 Å². The summed E-state index contributed by atoms with van der Waals surface area (Å²) in [5.74, 6) is -0.495. The summed E-state index contributed by atoms with van der Waals surface area (Å²) >= 11 is 9.34. The number of amides is 2. The molecule has 2 rings (SSSR count). The minimum atomic E-state index is -0.494. The molecule has 2 aromatic carbocycles. The first-order valence-corrected chi connectivity index (χ1v) is 9.97. The Balaban J connectivity index is 1.99. The predicted octanol–water partition coefficient (Wildman–Crippen LogP) is 5.14. The quantitative estimate of drug-likeness (QED) is 0.430. The SMILES string of the molecule is CCCCCCOc1ccc(Br)cc1C(=O)NNC(=O)c1ccccc1Cl. The molecule has 2 N–H and O–H groups in total. The van der Waals surface area contributed by atoms with E-state index < -0.39 is 11.8 Å². The molecule has 0 bridgehead atoms. The number of hydrazine groups is 1. The van der Waals surface area contributed by atoms with Crippen LogP contribution >= 0.6 is 27.5 Å². The molecule has 0 radical (unpaired) electrons. The molecule has 5 nitrogen and oxygen atoms in total. The Morgan fingerprint density at radius 3 is 2.41 bits per heavy atom. The number of unbranched alkanes of at least 4 members (excludes halogenated alkanes) is 3. The maximum Gasteiger partial charge on any atom is 0.273 e. The Labute approximate surface area is 172 Å². The van der Waals surface area contributed by atoms with Crippen LogP contribution in [0.1, 0.15) is 53.3 Å². The maximum absolute atomic E-state index is 12.5. The molecule has 0 aliphatic heterocycles. The van der Waals surface area contributed by atoms with Crippen molar-refractivity contribution in [1.82, 2.24) is 10.9 Å². The number of benzene rings is 2. The van der Waals surface area contributed by atoms with E-state index in [4.69, 9.17) is 16.3 Å². The Morgan fingerprint density at radius 2 is 1.70 bits per heavy atom. The molecular formula is C20H22BrClN2O3. The number of rotatable bonds is 8. The van der Waals surface area contributed by atoms with Crippen LogP contribution in [-0.2, 0) is 0 Å². The second-order valence-electron chi connectivity index (χ2n) is 5.94. The lowest BCUT2D eigenvalue weighted by molar-refractivity contribution is 0.0844. The maximum atomic E-state index is 12.5. The van der Waals surface area contributed by atoms with Gasteiger partial charge in [-0.15, -0.1) is 0 Å². The van der Waals surface area contributed by atoms with Crippen molar-refractivity contribution in [3.8, 4) is 5.75 Å². The molecule has 0 fully saturated rings. The second-order valence-corrected chi connectivity index (χ2v) is 7.26. The van der Waals surface area contributed by atoms with Gasteiger partial charge in [0.1, 0.15) is 5.75 Å². The van der Waals surface area contributed by atoms with Crippen LogP contribution in [0, 0.1) is 0 Å². The minimum absolute atomic E-state index is 0.279. The smallest absolute Gasteiger partial charge is 0.273 e. The van der Waals surface area contributed by atoms with Crippen LogP contribution < -0.4 is 15.6 Å². The summed E-state index contributed by atoms with van der Waals surface area (Å²) in [6, 6.07) is 11.8. The first-order valence-electron chi connectivity index (χ1n) is 8.80. The van der Waals surface area contributed by atoms with Crippen LogP contribution in [0.5, 0.6) is 5.75 Å². The summed E-state index contributed by atoms with van der Waals surface area (Å²) < 4.78 is 6.49. The molecule has 7 heteroatoms. The van der Waals surface area contributed by atoms with E-state index in [1.54, 1.807) is 42.5 Å². The highest BCUT2D eigenvalue weighted by atomic mass is 79.9. The zero-order valence-electron chi connectivity index (χ0n) is 15.1. The molecule has 144 valence electrons. The van der Waals surface area contributed by atoms with Crippen molar-refractivity contribution >= 4 is 39.3 Å². The number of hydrogen-bond donors (Lipinski definition) is 2. The molecule has 0 spiro atoms. The summed E-state index contributed by atoms with van der Waals surface area (Å²) in [5.41, 5.74) is 5.39. The van der Waals surface area contributed by atoms with Gasteiger partial charge in [0, 0.05) is 4.47 Å². The van der Waals surface area contributed by atoms with Crippen molar-refractivity contribution < 1.29 is 14.3 Å². The van der Waals surface area contributed by atoms with Gasteiger partial charge in [0.15, 0.2) is 0 Å². The zero-order chi connectivity index (χ0) is 19.6. The average molecular weight is 454 g/mol. The predicted molar refractivity (Wildman–Crippen MR) is 110 cm³/mol. The lowest BCUT2D eigenvalue weighted by Crippen LogP contribution is -2.41. The molecule has 0 aromatic heterocycles. The first-order chi connectivity index (χ1) is 13.0. The highest BCUT2D eigenvalue weighted by molar-refractivity contribution is 9.10. The summed E-state index contributed by atoms with van der Waals surface area (Å²) in [5, 5.41) is 0.308. The fourth-order valence-electron chi connectivity index (χ4n) is 2.41. The van der Waals surface area contributed by atoms with E-state index >= 15 is 0 Å². The van der Waals surface area contributed by atoms with Crippen molar-refractivity contribution in [3.63, 3.8) is 0 Å². The Morgan fingerprint density at radius 1 is 1.00 bits per heavy atom. The van der Waals surface area contributed by atoms with Crippen molar-refractivity contribution in [3.05, 3.63) is 63.1 Å². The van der Waals surface area contributed by atoms with E-state index in [9.17, 15) is 9.59 Å². The molecule has 0 atom stereocenters.